The van der Waals surface area contributed by atoms with Crippen molar-refractivity contribution in [3.63, 3.8) is 0 Å². The highest BCUT2D eigenvalue weighted by Gasteiger charge is 2.30. The second-order valence-corrected chi connectivity index (χ2v) is 18.2. The fraction of sp³-hybridized carbons (Fsp3) is 0.462. The molecule has 7 heterocycles. The average Bonchev–Trinajstić information content (AvgIpc) is 3.93. The molecule has 18 heteroatoms. The number of likely N-dealkylation sites (tertiary alicyclic amines) is 2. The van der Waals surface area contributed by atoms with Crippen molar-refractivity contribution < 1.29 is 32.8 Å². The molecule has 2 saturated heterocycles. The lowest BCUT2D eigenvalue weighted by atomic mass is 10.0. The summed E-state index contributed by atoms with van der Waals surface area (Å²) in [7, 11) is -4.27. The summed E-state index contributed by atoms with van der Waals surface area (Å²) in [6, 6.07) is 5.54. The van der Waals surface area contributed by atoms with E-state index in [1.165, 1.54) is 23.0 Å². The number of nitrogens with zero attached hydrogens (tertiary/aromatic N) is 9. The van der Waals surface area contributed by atoms with Gasteiger partial charge in [-0.1, -0.05) is 0 Å². The number of carbonyl (C=O) groups excluding carboxylic acids is 2. The molecule has 0 atom stereocenters. The van der Waals surface area contributed by atoms with Crippen molar-refractivity contribution in [1.29, 1.82) is 5.41 Å². The molecule has 3 N–H and O–H groups in total. The van der Waals surface area contributed by atoms with Crippen LogP contribution in [0.5, 0.6) is 0 Å². The van der Waals surface area contributed by atoms with Crippen LogP contribution < -0.4 is 5.32 Å². The Morgan fingerprint density at radius 1 is 0.825 bits per heavy atom. The molecule has 0 aromatic carbocycles. The largest absolute Gasteiger partial charge is 0.444 e. The summed E-state index contributed by atoms with van der Waals surface area (Å²) in [4.78, 5) is 37.4. The van der Waals surface area contributed by atoms with Gasteiger partial charge in [0.05, 0.1) is 36.2 Å². The van der Waals surface area contributed by atoms with E-state index < -0.39 is 21.2 Å². The number of piperidine rings is 2. The van der Waals surface area contributed by atoms with Gasteiger partial charge in [-0.2, -0.15) is 22.7 Å². The Morgan fingerprint density at radius 2 is 1.47 bits per heavy atom. The predicted molar refractivity (Wildman–Crippen MR) is 212 cm³/mol. The van der Waals surface area contributed by atoms with Crippen molar-refractivity contribution in [2.24, 2.45) is 0 Å². The quantitative estimate of drug-likeness (QED) is 0.207. The third-order valence-corrected chi connectivity index (χ3v) is 11.6. The second kappa shape index (κ2) is 15.4. The molecule has 0 bridgehead atoms. The number of aromatic nitrogens is 7. The number of allylic oxidation sites excluding steroid dienone is 1. The van der Waals surface area contributed by atoms with E-state index in [2.05, 4.69) is 20.2 Å². The van der Waals surface area contributed by atoms with E-state index >= 15 is 0 Å². The fourth-order valence-corrected chi connectivity index (χ4v) is 8.37. The maximum Gasteiger partial charge on any atom is 0.410 e. The van der Waals surface area contributed by atoms with Crippen LogP contribution in [0.4, 0.5) is 9.59 Å². The number of rotatable bonds is 8. The Balaban J connectivity index is 1.07. The van der Waals surface area contributed by atoms with Crippen LogP contribution in [0.2, 0.25) is 0 Å². The van der Waals surface area contributed by atoms with Crippen LogP contribution in [0.25, 0.3) is 33.4 Å². The molecule has 17 nitrogen and oxygen atoms in total. The van der Waals surface area contributed by atoms with E-state index in [1.54, 1.807) is 46.6 Å². The van der Waals surface area contributed by atoms with Crippen LogP contribution in [-0.2, 0) is 19.5 Å². The molecule has 2 aliphatic rings. The third kappa shape index (κ3) is 8.71. The summed E-state index contributed by atoms with van der Waals surface area (Å²) >= 11 is 0. The molecule has 0 spiro atoms. The van der Waals surface area contributed by atoms with E-state index in [0.29, 0.717) is 59.6 Å². The molecule has 2 fully saturated rings. The Kier molecular flexibility index (Phi) is 10.7. The first-order valence-corrected chi connectivity index (χ1v) is 20.6. The standard InChI is InChI=1S/C39H49N11O6S/c1-38(2,3)55-36(51)46-13-9-30(10-14-46)41-20-28(18-40)26-7-8-34-43-23-35(48(34)24-26)57(53,54)50-33-17-27(19-42-32(33)22-45-50)29-21-44-49(25-29)31-11-15-47(16-12-31)37(52)56-39(4,5)6/h7-8,17-25,30-31,40-41H,9-16H2,1-6H3/p+1. The van der Waals surface area contributed by atoms with Gasteiger partial charge in [0.25, 0.3) is 0 Å². The van der Waals surface area contributed by atoms with Crippen molar-refractivity contribution in [1.82, 2.24) is 43.1 Å². The molecule has 0 aliphatic carbocycles. The first-order valence-electron chi connectivity index (χ1n) is 19.1. The Bertz CT molecular complexity index is 2440. The lowest BCUT2D eigenvalue weighted by Crippen LogP contribution is -2.86. The van der Waals surface area contributed by atoms with Crippen molar-refractivity contribution in [2.45, 2.75) is 95.5 Å². The van der Waals surface area contributed by atoms with E-state index in [4.69, 9.17) is 14.9 Å². The lowest BCUT2D eigenvalue weighted by Gasteiger charge is -2.33. The number of carbonyl (C=O) groups is 2. The molecule has 2 aliphatic heterocycles. The lowest BCUT2D eigenvalue weighted by molar-refractivity contribution is -0.628. The van der Waals surface area contributed by atoms with Crippen LogP contribution in [0.1, 0.15) is 78.8 Å². The van der Waals surface area contributed by atoms with E-state index in [0.717, 1.165) is 35.3 Å². The Morgan fingerprint density at radius 3 is 2.11 bits per heavy atom. The van der Waals surface area contributed by atoms with Gasteiger partial charge < -0.3 is 30.0 Å². The monoisotopic (exact) mass is 800 g/mol. The van der Waals surface area contributed by atoms with Crippen LogP contribution in [0.3, 0.4) is 0 Å². The Hall–Kier alpha value is -5.62. The molecule has 5 aromatic heterocycles. The summed E-state index contributed by atoms with van der Waals surface area (Å²) < 4.78 is 44.0. The number of nitrogens with one attached hydrogen (secondary N) is 1. The predicted octanol–water partition coefficient (Wildman–Crippen LogP) is 4.70. The molecule has 0 saturated carbocycles. The summed E-state index contributed by atoms with van der Waals surface area (Å²) in [5, 5.41) is 19.0. The van der Waals surface area contributed by atoms with Gasteiger partial charge in [0.2, 0.25) is 0 Å². The summed E-state index contributed by atoms with van der Waals surface area (Å²) in [5.74, 6) is 0. The SMILES string of the molecule is CC(C)(C)OC(=O)N1CCC([NH2+]C=C(C=N)c2ccc3ncc(S(=O)(=O)n4ncc5ncc(-c6cnn(C7CCN(C(=O)OC(C)(C)C)CC7)c6)cc54)n3c2)CC1. The van der Waals surface area contributed by atoms with E-state index in [1.807, 2.05) is 63.9 Å². The fourth-order valence-electron chi connectivity index (χ4n) is 7.04. The molecule has 0 radical (unpaired) electrons. The molecule has 5 aromatic rings. The van der Waals surface area contributed by atoms with Crippen LogP contribution >= 0.6 is 0 Å². The number of hydrogen-bond donors (Lipinski definition) is 2. The van der Waals surface area contributed by atoms with Crippen molar-refractivity contribution in [3.05, 3.63) is 67.1 Å². The summed E-state index contributed by atoms with van der Waals surface area (Å²) in [6.45, 7) is 13.4. The zero-order valence-electron chi connectivity index (χ0n) is 33.1. The molecular formula is C39H50N11O6S+. The minimum Gasteiger partial charge on any atom is -0.444 e. The number of amides is 2. The van der Waals surface area contributed by atoms with E-state index in [-0.39, 0.29) is 29.3 Å². The van der Waals surface area contributed by atoms with Gasteiger partial charge in [-0.3, -0.25) is 14.1 Å². The van der Waals surface area contributed by atoms with Gasteiger partial charge in [-0.05, 0) is 72.6 Å². The summed E-state index contributed by atoms with van der Waals surface area (Å²) in [6.07, 6.45) is 15.1. The molecule has 0 unspecified atom stereocenters. The maximum atomic E-state index is 14.3. The normalized spacial score (nSPS) is 16.7. The highest BCUT2D eigenvalue weighted by Crippen LogP contribution is 2.29. The van der Waals surface area contributed by atoms with Gasteiger partial charge in [0.15, 0.2) is 5.03 Å². The first kappa shape index (κ1) is 39.6. The van der Waals surface area contributed by atoms with Gasteiger partial charge in [-0.25, -0.2) is 14.6 Å². The summed E-state index contributed by atoms with van der Waals surface area (Å²) in [5.41, 5.74) is 2.67. The first-order chi connectivity index (χ1) is 27.0. The van der Waals surface area contributed by atoms with Gasteiger partial charge in [0, 0.05) is 80.5 Å². The number of pyridine rings is 2. The third-order valence-electron chi connectivity index (χ3n) is 10.0. The van der Waals surface area contributed by atoms with Crippen molar-refractivity contribution in [3.8, 4) is 11.1 Å². The van der Waals surface area contributed by atoms with Gasteiger partial charge >= 0.3 is 22.2 Å². The highest BCUT2D eigenvalue weighted by molar-refractivity contribution is 7.90. The molecule has 2 amide bonds. The Labute approximate surface area is 331 Å². The number of ether oxygens (including phenoxy) is 2. The van der Waals surface area contributed by atoms with Crippen molar-refractivity contribution in [2.75, 3.05) is 26.2 Å². The molecular weight excluding hydrogens is 751 g/mol. The minimum atomic E-state index is -4.27. The molecule has 302 valence electrons. The minimum absolute atomic E-state index is 0.0880. The van der Waals surface area contributed by atoms with Gasteiger partial charge in [0.1, 0.15) is 34.1 Å². The number of nitrogens with two attached hydrogens (primary N) is 1. The number of imidazole rings is 1. The average molecular weight is 801 g/mol. The second-order valence-electron chi connectivity index (χ2n) is 16.5. The number of fused-ring (bicyclic) bond motifs is 2. The van der Waals surface area contributed by atoms with Crippen LogP contribution in [0, 0.1) is 5.41 Å². The highest BCUT2D eigenvalue weighted by atomic mass is 32.2. The molecule has 57 heavy (non-hydrogen) atoms. The molecule has 7 rings (SSSR count). The zero-order valence-corrected chi connectivity index (χ0v) is 33.9. The van der Waals surface area contributed by atoms with Crippen LogP contribution in [-0.4, -0.2) is 113 Å². The maximum absolute atomic E-state index is 14.3. The number of quaternary nitrogens is 1. The smallest absolute Gasteiger partial charge is 0.410 e. The van der Waals surface area contributed by atoms with E-state index in [9.17, 15) is 18.0 Å². The van der Waals surface area contributed by atoms with Crippen molar-refractivity contribution >= 4 is 50.7 Å². The zero-order chi connectivity index (χ0) is 40.7. The van der Waals surface area contributed by atoms with Gasteiger partial charge in [-0.15, -0.1) is 0 Å². The number of hydrogen-bond acceptors (Lipinski definition) is 11. The topological polar surface area (TPSA) is 200 Å². The van der Waals surface area contributed by atoms with Crippen LogP contribution in [0.15, 0.2) is 66.6 Å².